The van der Waals surface area contributed by atoms with Gasteiger partial charge < -0.3 is 15.0 Å². The van der Waals surface area contributed by atoms with E-state index in [4.69, 9.17) is 4.74 Å². The van der Waals surface area contributed by atoms with Crippen LogP contribution in [0.15, 0.2) is 0 Å². The second-order valence-corrected chi connectivity index (χ2v) is 6.65. The SMILES string of the molecule is CNC1(CC(=O)N2CCC(C)C(OC)C2)CCCCC1. The smallest absolute Gasteiger partial charge is 0.224 e. The highest BCUT2D eigenvalue weighted by Gasteiger charge is 2.36. The number of nitrogens with one attached hydrogen (secondary N) is 1. The van der Waals surface area contributed by atoms with Crippen molar-refractivity contribution in [2.45, 2.75) is 63.5 Å². The maximum atomic E-state index is 12.6. The summed E-state index contributed by atoms with van der Waals surface area (Å²) >= 11 is 0. The summed E-state index contributed by atoms with van der Waals surface area (Å²) in [6.07, 6.45) is 7.96. The summed E-state index contributed by atoms with van der Waals surface area (Å²) in [4.78, 5) is 14.6. The number of rotatable bonds is 4. The molecular formula is C16H30N2O2. The molecule has 4 heteroatoms. The van der Waals surface area contributed by atoms with Gasteiger partial charge in [-0.15, -0.1) is 0 Å². The molecule has 4 nitrogen and oxygen atoms in total. The largest absolute Gasteiger partial charge is 0.379 e. The quantitative estimate of drug-likeness (QED) is 0.859. The molecule has 1 aliphatic heterocycles. The van der Waals surface area contributed by atoms with Gasteiger partial charge in [0.15, 0.2) is 0 Å². The molecular weight excluding hydrogens is 252 g/mol. The van der Waals surface area contributed by atoms with Gasteiger partial charge in [0, 0.05) is 32.2 Å². The highest BCUT2D eigenvalue weighted by atomic mass is 16.5. The van der Waals surface area contributed by atoms with Crippen molar-refractivity contribution in [3.63, 3.8) is 0 Å². The van der Waals surface area contributed by atoms with Crippen LogP contribution in [-0.4, -0.2) is 49.7 Å². The zero-order valence-electron chi connectivity index (χ0n) is 13.3. The number of carbonyl (C=O) groups excluding carboxylic acids is 1. The first-order chi connectivity index (χ1) is 9.60. The van der Waals surface area contributed by atoms with E-state index in [0.29, 0.717) is 18.2 Å². The summed E-state index contributed by atoms with van der Waals surface area (Å²) in [7, 11) is 3.76. The molecule has 2 atom stereocenters. The second kappa shape index (κ2) is 6.90. The average molecular weight is 282 g/mol. The summed E-state index contributed by atoms with van der Waals surface area (Å²) in [6.45, 7) is 3.86. The summed E-state index contributed by atoms with van der Waals surface area (Å²) in [5.74, 6) is 0.854. The van der Waals surface area contributed by atoms with E-state index in [9.17, 15) is 4.79 Å². The number of hydrogen-bond donors (Lipinski definition) is 1. The molecule has 0 aromatic rings. The number of piperidine rings is 1. The maximum Gasteiger partial charge on any atom is 0.224 e. The molecule has 2 rings (SSSR count). The monoisotopic (exact) mass is 282 g/mol. The number of carbonyl (C=O) groups is 1. The Bertz CT molecular complexity index is 326. The fourth-order valence-corrected chi connectivity index (χ4v) is 3.71. The van der Waals surface area contributed by atoms with Gasteiger partial charge in [-0.3, -0.25) is 4.79 Å². The standard InChI is InChI=1S/C16H30N2O2/c1-13-7-10-18(12-14(13)20-3)15(19)11-16(17-2)8-5-4-6-9-16/h13-14,17H,4-12H2,1-3H3. The summed E-state index contributed by atoms with van der Waals surface area (Å²) in [5, 5.41) is 3.44. The number of ether oxygens (including phenoxy) is 1. The zero-order valence-corrected chi connectivity index (χ0v) is 13.3. The predicted molar refractivity (Wildman–Crippen MR) is 80.7 cm³/mol. The minimum Gasteiger partial charge on any atom is -0.379 e. The summed E-state index contributed by atoms with van der Waals surface area (Å²) in [6, 6.07) is 0. The normalized spacial score (nSPS) is 30.2. The fraction of sp³-hybridized carbons (Fsp3) is 0.938. The lowest BCUT2D eigenvalue weighted by Gasteiger charge is -2.41. The molecule has 116 valence electrons. The van der Waals surface area contributed by atoms with Crippen molar-refractivity contribution in [1.82, 2.24) is 10.2 Å². The molecule has 1 heterocycles. The maximum absolute atomic E-state index is 12.6. The Morgan fingerprint density at radius 1 is 1.35 bits per heavy atom. The molecule has 20 heavy (non-hydrogen) atoms. The van der Waals surface area contributed by atoms with Crippen LogP contribution in [0.4, 0.5) is 0 Å². The highest BCUT2D eigenvalue weighted by molar-refractivity contribution is 5.77. The third-order valence-electron chi connectivity index (χ3n) is 5.38. The Balaban J connectivity index is 1.93. The molecule has 0 aromatic heterocycles. The Labute approximate surface area is 123 Å². The molecule has 1 saturated carbocycles. The second-order valence-electron chi connectivity index (χ2n) is 6.65. The molecule has 0 bridgehead atoms. The van der Waals surface area contributed by atoms with Gasteiger partial charge in [0.25, 0.3) is 0 Å². The fourth-order valence-electron chi connectivity index (χ4n) is 3.71. The number of likely N-dealkylation sites (tertiary alicyclic amines) is 1. The molecule has 0 radical (unpaired) electrons. The van der Waals surface area contributed by atoms with E-state index >= 15 is 0 Å². The van der Waals surface area contributed by atoms with Gasteiger partial charge in [0.1, 0.15) is 0 Å². The van der Waals surface area contributed by atoms with Crippen LogP contribution in [0, 0.1) is 5.92 Å². The first kappa shape index (κ1) is 15.8. The third-order valence-corrected chi connectivity index (χ3v) is 5.38. The van der Waals surface area contributed by atoms with Gasteiger partial charge >= 0.3 is 0 Å². The molecule has 1 saturated heterocycles. The van der Waals surface area contributed by atoms with E-state index in [0.717, 1.165) is 32.4 Å². The van der Waals surface area contributed by atoms with Gasteiger partial charge in [-0.25, -0.2) is 0 Å². The van der Waals surface area contributed by atoms with Crippen molar-refractivity contribution in [3.8, 4) is 0 Å². The Morgan fingerprint density at radius 2 is 2.05 bits per heavy atom. The molecule has 0 aromatic carbocycles. The first-order valence-corrected chi connectivity index (χ1v) is 8.10. The van der Waals surface area contributed by atoms with E-state index in [1.165, 1.54) is 19.3 Å². The summed E-state index contributed by atoms with van der Waals surface area (Å²) in [5.41, 5.74) is 0.0426. The van der Waals surface area contributed by atoms with Crippen LogP contribution in [0.3, 0.4) is 0 Å². The minimum atomic E-state index is 0.0426. The molecule has 1 amide bonds. The van der Waals surface area contributed by atoms with Crippen molar-refractivity contribution in [2.24, 2.45) is 5.92 Å². The average Bonchev–Trinajstić information content (AvgIpc) is 2.48. The molecule has 0 spiro atoms. The van der Waals surface area contributed by atoms with E-state index in [-0.39, 0.29) is 11.6 Å². The molecule has 1 N–H and O–H groups in total. The third kappa shape index (κ3) is 3.53. The van der Waals surface area contributed by atoms with Gasteiger partial charge in [0.2, 0.25) is 5.91 Å². The van der Waals surface area contributed by atoms with E-state index in [2.05, 4.69) is 12.2 Å². The van der Waals surface area contributed by atoms with E-state index < -0.39 is 0 Å². The van der Waals surface area contributed by atoms with Crippen LogP contribution in [0.25, 0.3) is 0 Å². The summed E-state index contributed by atoms with van der Waals surface area (Å²) < 4.78 is 5.52. The molecule has 1 aliphatic carbocycles. The zero-order chi connectivity index (χ0) is 14.6. The van der Waals surface area contributed by atoms with Crippen molar-refractivity contribution < 1.29 is 9.53 Å². The predicted octanol–water partition coefficient (Wildman–Crippen LogP) is 2.18. The van der Waals surface area contributed by atoms with Crippen LogP contribution in [0.1, 0.15) is 51.9 Å². The topological polar surface area (TPSA) is 41.6 Å². The lowest BCUT2D eigenvalue weighted by molar-refractivity contribution is -0.138. The molecule has 2 unspecified atom stereocenters. The lowest BCUT2D eigenvalue weighted by atomic mass is 9.79. The van der Waals surface area contributed by atoms with Gasteiger partial charge in [-0.05, 0) is 32.2 Å². The van der Waals surface area contributed by atoms with E-state index in [1.807, 2.05) is 11.9 Å². The van der Waals surface area contributed by atoms with Crippen LogP contribution < -0.4 is 5.32 Å². The Hall–Kier alpha value is -0.610. The first-order valence-electron chi connectivity index (χ1n) is 8.10. The van der Waals surface area contributed by atoms with Crippen LogP contribution in [0.2, 0.25) is 0 Å². The number of nitrogens with zero attached hydrogens (tertiary/aromatic N) is 1. The van der Waals surface area contributed by atoms with Crippen LogP contribution in [-0.2, 0) is 9.53 Å². The van der Waals surface area contributed by atoms with Crippen molar-refractivity contribution in [3.05, 3.63) is 0 Å². The Morgan fingerprint density at radius 3 is 2.65 bits per heavy atom. The van der Waals surface area contributed by atoms with Gasteiger partial charge in [-0.1, -0.05) is 26.2 Å². The number of methoxy groups -OCH3 is 1. The van der Waals surface area contributed by atoms with E-state index in [1.54, 1.807) is 7.11 Å². The molecule has 2 fully saturated rings. The minimum absolute atomic E-state index is 0.0426. The number of hydrogen-bond acceptors (Lipinski definition) is 3. The van der Waals surface area contributed by atoms with Crippen molar-refractivity contribution in [2.75, 3.05) is 27.2 Å². The van der Waals surface area contributed by atoms with Crippen LogP contribution in [0.5, 0.6) is 0 Å². The molecule has 2 aliphatic rings. The van der Waals surface area contributed by atoms with Crippen molar-refractivity contribution in [1.29, 1.82) is 0 Å². The number of amides is 1. The highest BCUT2D eigenvalue weighted by Crippen LogP contribution is 2.32. The Kier molecular flexibility index (Phi) is 5.44. The van der Waals surface area contributed by atoms with Crippen molar-refractivity contribution >= 4 is 5.91 Å². The lowest BCUT2D eigenvalue weighted by Crippen LogP contribution is -2.52. The van der Waals surface area contributed by atoms with Crippen LogP contribution >= 0.6 is 0 Å². The van der Waals surface area contributed by atoms with Gasteiger partial charge in [0.05, 0.1) is 6.10 Å². The van der Waals surface area contributed by atoms with Gasteiger partial charge in [-0.2, -0.15) is 0 Å².